The monoisotopic (exact) mass is 447 g/mol. The van der Waals surface area contributed by atoms with Gasteiger partial charge in [-0.3, -0.25) is 4.79 Å². The van der Waals surface area contributed by atoms with Crippen LogP contribution in [0.1, 0.15) is 21.5 Å². The fourth-order valence-corrected chi connectivity index (χ4v) is 3.79. The van der Waals surface area contributed by atoms with Crippen molar-refractivity contribution in [2.24, 2.45) is 0 Å². The molecule has 0 aromatic heterocycles. The molecular formula is C21H22BrNO5. The average Bonchev–Trinajstić information content (AvgIpc) is 2.72. The number of methoxy groups -OCH3 is 4. The van der Waals surface area contributed by atoms with E-state index in [1.807, 2.05) is 12.1 Å². The van der Waals surface area contributed by atoms with Crippen molar-refractivity contribution in [2.45, 2.75) is 6.42 Å². The van der Waals surface area contributed by atoms with E-state index in [-0.39, 0.29) is 5.91 Å². The highest BCUT2D eigenvalue weighted by molar-refractivity contribution is 9.10. The summed E-state index contributed by atoms with van der Waals surface area (Å²) in [7, 11) is 6.28. The zero-order valence-electron chi connectivity index (χ0n) is 16.3. The Bertz CT molecular complexity index is 941. The highest BCUT2D eigenvalue weighted by Gasteiger charge is 2.29. The van der Waals surface area contributed by atoms with Gasteiger partial charge in [0.25, 0.3) is 5.91 Å². The molecule has 2 aromatic rings. The van der Waals surface area contributed by atoms with Crippen molar-refractivity contribution in [3.63, 3.8) is 0 Å². The van der Waals surface area contributed by atoms with Crippen molar-refractivity contribution < 1.29 is 23.7 Å². The lowest BCUT2D eigenvalue weighted by molar-refractivity contribution is 0.0832. The van der Waals surface area contributed by atoms with Crippen LogP contribution in [0.3, 0.4) is 0 Å². The summed E-state index contributed by atoms with van der Waals surface area (Å²) in [6.07, 6.45) is 0.686. The Morgan fingerprint density at radius 1 is 0.929 bits per heavy atom. The lowest BCUT2D eigenvalue weighted by atomic mass is 9.95. The van der Waals surface area contributed by atoms with Crippen LogP contribution in [0.4, 0.5) is 0 Å². The number of nitrogens with zero attached hydrogens (tertiary/aromatic N) is 1. The zero-order chi connectivity index (χ0) is 20.4. The van der Waals surface area contributed by atoms with E-state index >= 15 is 0 Å². The minimum absolute atomic E-state index is 0.168. The smallest absolute Gasteiger partial charge is 0.259 e. The summed E-state index contributed by atoms with van der Waals surface area (Å²) in [4.78, 5) is 14.9. The maximum Gasteiger partial charge on any atom is 0.259 e. The largest absolute Gasteiger partial charge is 0.493 e. The van der Waals surface area contributed by atoms with E-state index < -0.39 is 0 Å². The predicted molar refractivity (Wildman–Crippen MR) is 111 cm³/mol. The molecule has 6 nitrogen and oxygen atoms in total. The molecule has 0 spiro atoms. The van der Waals surface area contributed by atoms with Gasteiger partial charge in [0.1, 0.15) is 0 Å². The second-order valence-electron chi connectivity index (χ2n) is 6.20. The van der Waals surface area contributed by atoms with Crippen molar-refractivity contribution in [1.29, 1.82) is 0 Å². The molecule has 0 bridgehead atoms. The molecule has 1 aliphatic rings. The van der Waals surface area contributed by atoms with E-state index in [2.05, 4.69) is 22.5 Å². The minimum Gasteiger partial charge on any atom is -0.493 e. The second-order valence-corrected chi connectivity index (χ2v) is 7.06. The Balaban J connectivity index is 1.98. The molecule has 1 heterocycles. The molecule has 1 amide bonds. The normalized spacial score (nSPS) is 13.0. The maximum absolute atomic E-state index is 13.3. The molecule has 7 heteroatoms. The van der Waals surface area contributed by atoms with E-state index in [0.29, 0.717) is 51.7 Å². The highest BCUT2D eigenvalue weighted by Crippen LogP contribution is 2.39. The number of hydrogen-bond donors (Lipinski definition) is 0. The van der Waals surface area contributed by atoms with E-state index in [0.717, 1.165) is 11.1 Å². The molecule has 0 radical (unpaired) electrons. The number of carbonyl (C=O) groups excluding carboxylic acids is 1. The third-order valence-corrected chi connectivity index (χ3v) is 5.46. The van der Waals surface area contributed by atoms with Crippen molar-refractivity contribution in [1.82, 2.24) is 4.90 Å². The predicted octanol–water partition coefficient (Wildman–Crippen LogP) is 4.15. The quantitative estimate of drug-likeness (QED) is 0.688. The van der Waals surface area contributed by atoms with Crippen molar-refractivity contribution in [3.05, 3.63) is 52.0 Å². The summed E-state index contributed by atoms with van der Waals surface area (Å²) < 4.78 is 22.0. The van der Waals surface area contributed by atoms with Crippen LogP contribution in [-0.2, 0) is 6.42 Å². The zero-order valence-corrected chi connectivity index (χ0v) is 17.9. The first kappa shape index (κ1) is 20.1. The molecule has 148 valence electrons. The first-order chi connectivity index (χ1) is 13.4. The molecule has 0 aliphatic carbocycles. The van der Waals surface area contributed by atoms with Crippen LogP contribution in [0.2, 0.25) is 0 Å². The van der Waals surface area contributed by atoms with Gasteiger partial charge in [-0.2, -0.15) is 0 Å². The molecule has 3 rings (SSSR count). The lowest BCUT2D eigenvalue weighted by Gasteiger charge is -2.32. The van der Waals surface area contributed by atoms with Crippen LogP contribution in [0.25, 0.3) is 5.70 Å². The molecule has 0 unspecified atom stereocenters. The van der Waals surface area contributed by atoms with Crippen molar-refractivity contribution in [2.75, 3.05) is 35.0 Å². The van der Waals surface area contributed by atoms with Crippen LogP contribution in [0.5, 0.6) is 23.0 Å². The SMILES string of the molecule is C=C1c2cc(OC)c(OC)cc2CCN1C(=O)c1cc(OC)c(OC)cc1Br. The molecule has 2 aromatic carbocycles. The Morgan fingerprint density at radius 2 is 1.46 bits per heavy atom. The van der Waals surface area contributed by atoms with Gasteiger partial charge in [0.15, 0.2) is 23.0 Å². The molecular weight excluding hydrogens is 426 g/mol. The highest BCUT2D eigenvalue weighted by atomic mass is 79.9. The van der Waals surface area contributed by atoms with Gasteiger partial charge in [-0.05, 0) is 52.2 Å². The van der Waals surface area contributed by atoms with Gasteiger partial charge < -0.3 is 23.8 Å². The summed E-state index contributed by atoms with van der Waals surface area (Å²) in [6.45, 7) is 4.67. The number of benzene rings is 2. The molecule has 28 heavy (non-hydrogen) atoms. The number of carbonyl (C=O) groups is 1. The summed E-state index contributed by atoms with van der Waals surface area (Å²) in [5, 5.41) is 0. The standard InChI is InChI=1S/C21H22BrNO5/c1-12-14-9-18(26-3)17(25-2)8-13(14)6-7-23(12)21(24)15-10-19(27-4)20(28-5)11-16(15)22/h8-11H,1,6-7H2,2-5H3. The molecule has 0 saturated carbocycles. The first-order valence-corrected chi connectivity index (χ1v) is 9.42. The molecule has 0 N–H and O–H groups in total. The molecule has 0 atom stereocenters. The summed E-state index contributed by atoms with van der Waals surface area (Å²) in [6, 6.07) is 7.19. The van der Waals surface area contributed by atoms with Crippen LogP contribution < -0.4 is 18.9 Å². The number of halogens is 1. The summed E-state index contributed by atoms with van der Waals surface area (Å²) >= 11 is 3.46. The van der Waals surface area contributed by atoms with Crippen molar-refractivity contribution in [3.8, 4) is 23.0 Å². The third kappa shape index (κ3) is 3.42. The number of ether oxygens (including phenoxy) is 4. The Morgan fingerprint density at radius 3 is 2.07 bits per heavy atom. The minimum atomic E-state index is -0.168. The average molecular weight is 448 g/mol. The third-order valence-electron chi connectivity index (χ3n) is 4.80. The van der Waals surface area contributed by atoms with E-state index in [1.165, 1.54) is 7.11 Å². The van der Waals surface area contributed by atoms with E-state index in [1.54, 1.807) is 38.4 Å². The number of fused-ring (bicyclic) bond motifs is 1. The lowest BCUT2D eigenvalue weighted by Crippen LogP contribution is -2.35. The fourth-order valence-electron chi connectivity index (χ4n) is 3.30. The Kier molecular flexibility index (Phi) is 5.84. The van der Waals surface area contributed by atoms with Crippen LogP contribution in [0, 0.1) is 0 Å². The van der Waals surface area contributed by atoms with Crippen LogP contribution in [-0.4, -0.2) is 45.8 Å². The van der Waals surface area contributed by atoms with Crippen molar-refractivity contribution >= 4 is 27.5 Å². The molecule has 0 saturated heterocycles. The summed E-state index contributed by atoms with van der Waals surface area (Å²) in [5.41, 5.74) is 3.03. The topological polar surface area (TPSA) is 57.2 Å². The maximum atomic E-state index is 13.3. The van der Waals surface area contributed by atoms with Gasteiger partial charge in [-0.15, -0.1) is 0 Å². The second kappa shape index (κ2) is 8.14. The number of hydrogen-bond acceptors (Lipinski definition) is 5. The van der Waals surface area contributed by atoms with E-state index in [4.69, 9.17) is 18.9 Å². The van der Waals surface area contributed by atoms with Crippen LogP contribution >= 0.6 is 15.9 Å². The number of rotatable bonds is 5. The van der Waals surface area contributed by atoms with E-state index in [9.17, 15) is 4.79 Å². The fraction of sp³-hybridized carbons (Fsp3) is 0.286. The Labute approximate surface area is 172 Å². The number of amides is 1. The Hall–Kier alpha value is -2.67. The van der Waals surface area contributed by atoms with Gasteiger partial charge >= 0.3 is 0 Å². The van der Waals surface area contributed by atoms with Gasteiger partial charge in [0, 0.05) is 22.3 Å². The van der Waals surface area contributed by atoms with Gasteiger partial charge in [0.2, 0.25) is 0 Å². The summed E-state index contributed by atoms with van der Waals surface area (Å²) in [5.74, 6) is 2.13. The van der Waals surface area contributed by atoms with Crippen LogP contribution in [0.15, 0.2) is 35.3 Å². The molecule has 1 aliphatic heterocycles. The van der Waals surface area contributed by atoms with Gasteiger partial charge in [-0.25, -0.2) is 0 Å². The van der Waals surface area contributed by atoms with Gasteiger partial charge in [0.05, 0.1) is 34.0 Å². The first-order valence-electron chi connectivity index (χ1n) is 8.62. The van der Waals surface area contributed by atoms with Gasteiger partial charge in [-0.1, -0.05) is 6.58 Å². The molecule has 0 fully saturated rings.